The Morgan fingerprint density at radius 1 is 0.806 bits per heavy atom. The van der Waals surface area contributed by atoms with Crippen molar-refractivity contribution in [2.75, 3.05) is 20.8 Å². The molecule has 1 N–H and O–H groups in total. The lowest BCUT2D eigenvalue weighted by molar-refractivity contribution is 0.284. The van der Waals surface area contributed by atoms with Crippen molar-refractivity contribution >= 4 is 35.6 Å². The number of hydrogen-bond donors (Lipinski definition) is 1. The van der Waals surface area contributed by atoms with Crippen LogP contribution in [-0.2, 0) is 19.6 Å². The van der Waals surface area contributed by atoms with Crippen molar-refractivity contribution in [3.8, 4) is 17.2 Å². The molecule has 31 heavy (non-hydrogen) atoms. The third-order valence-electron chi connectivity index (χ3n) is 4.70. The standard InChI is InChI=1S/C24H25Cl2NO3.ClH/c1-28-21-8-3-17(4-9-21)11-12-27-15-18-5-10-23(24(13-18)29-2)30-16-19-6-7-20(25)14-22(19)26;/h3-10,13-14,27H,11-12,15-16H2,1-2H3;1H. The highest BCUT2D eigenvalue weighted by Crippen LogP contribution is 2.30. The average Bonchev–Trinajstić information content (AvgIpc) is 2.77. The number of hydrogen-bond acceptors (Lipinski definition) is 4. The molecular weight excluding hydrogens is 457 g/mol. The van der Waals surface area contributed by atoms with E-state index in [0.717, 1.165) is 36.4 Å². The molecule has 7 heteroatoms. The lowest BCUT2D eigenvalue weighted by atomic mass is 10.1. The number of halogens is 3. The van der Waals surface area contributed by atoms with Gasteiger partial charge in [-0.05, 0) is 60.5 Å². The van der Waals surface area contributed by atoms with Gasteiger partial charge in [-0.1, -0.05) is 47.5 Å². The largest absolute Gasteiger partial charge is 0.497 e. The zero-order chi connectivity index (χ0) is 21.3. The third kappa shape index (κ3) is 7.51. The molecule has 0 atom stereocenters. The van der Waals surface area contributed by atoms with Crippen molar-refractivity contribution in [3.05, 3.63) is 87.4 Å². The Kier molecular flexibility index (Phi) is 10.3. The first-order valence-electron chi connectivity index (χ1n) is 9.66. The van der Waals surface area contributed by atoms with Crippen molar-refractivity contribution in [3.63, 3.8) is 0 Å². The Labute approximate surface area is 199 Å². The maximum Gasteiger partial charge on any atom is 0.161 e. The van der Waals surface area contributed by atoms with Gasteiger partial charge in [0.1, 0.15) is 12.4 Å². The minimum Gasteiger partial charge on any atom is -0.497 e. The Balaban J connectivity index is 0.00000341. The Morgan fingerprint density at radius 2 is 1.55 bits per heavy atom. The molecule has 0 aromatic heterocycles. The summed E-state index contributed by atoms with van der Waals surface area (Å²) in [4.78, 5) is 0. The zero-order valence-corrected chi connectivity index (χ0v) is 19.8. The van der Waals surface area contributed by atoms with Crippen LogP contribution in [0.2, 0.25) is 10.0 Å². The first kappa shape index (κ1) is 25.2. The van der Waals surface area contributed by atoms with Crippen LogP contribution in [0.5, 0.6) is 17.2 Å². The second-order valence-electron chi connectivity index (χ2n) is 6.78. The summed E-state index contributed by atoms with van der Waals surface area (Å²) in [6, 6.07) is 19.4. The highest BCUT2D eigenvalue weighted by atomic mass is 35.5. The summed E-state index contributed by atoms with van der Waals surface area (Å²) >= 11 is 12.2. The molecule has 0 radical (unpaired) electrons. The molecule has 3 rings (SSSR count). The molecule has 0 unspecified atom stereocenters. The first-order chi connectivity index (χ1) is 14.6. The molecule has 0 spiro atoms. The molecule has 0 heterocycles. The van der Waals surface area contributed by atoms with E-state index in [-0.39, 0.29) is 12.4 Å². The van der Waals surface area contributed by atoms with Gasteiger partial charge in [0.05, 0.1) is 14.2 Å². The van der Waals surface area contributed by atoms with Crippen molar-refractivity contribution in [1.29, 1.82) is 0 Å². The molecule has 0 aliphatic heterocycles. The quantitative estimate of drug-likeness (QED) is 0.342. The van der Waals surface area contributed by atoms with Gasteiger partial charge in [-0.2, -0.15) is 0 Å². The lowest BCUT2D eigenvalue weighted by Crippen LogP contribution is -2.16. The van der Waals surface area contributed by atoms with Crippen LogP contribution >= 0.6 is 35.6 Å². The smallest absolute Gasteiger partial charge is 0.161 e. The number of methoxy groups -OCH3 is 2. The Morgan fingerprint density at radius 3 is 2.23 bits per heavy atom. The van der Waals surface area contributed by atoms with Crippen molar-refractivity contribution < 1.29 is 14.2 Å². The van der Waals surface area contributed by atoms with Gasteiger partial charge in [0.15, 0.2) is 11.5 Å². The highest BCUT2D eigenvalue weighted by Gasteiger charge is 2.08. The molecule has 0 fully saturated rings. The predicted molar refractivity (Wildman–Crippen MR) is 129 cm³/mol. The van der Waals surface area contributed by atoms with E-state index in [2.05, 4.69) is 17.4 Å². The summed E-state index contributed by atoms with van der Waals surface area (Å²) in [7, 11) is 3.31. The summed E-state index contributed by atoms with van der Waals surface area (Å²) in [5, 5.41) is 4.65. The summed E-state index contributed by atoms with van der Waals surface area (Å²) < 4.78 is 16.6. The van der Waals surface area contributed by atoms with Gasteiger partial charge in [0.2, 0.25) is 0 Å². The SMILES string of the molecule is COc1ccc(CCNCc2ccc(OCc3ccc(Cl)cc3Cl)c(OC)c2)cc1.Cl. The minimum absolute atomic E-state index is 0. The van der Waals surface area contributed by atoms with Crippen LogP contribution in [0.1, 0.15) is 16.7 Å². The van der Waals surface area contributed by atoms with E-state index in [4.69, 9.17) is 37.4 Å². The zero-order valence-electron chi connectivity index (χ0n) is 17.5. The molecule has 0 saturated carbocycles. The van der Waals surface area contributed by atoms with E-state index in [9.17, 15) is 0 Å². The van der Waals surface area contributed by atoms with Gasteiger partial charge in [-0.15, -0.1) is 12.4 Å². The molecule has 0 aliphatic rings. The second kappa shape index (κ2) is 12.7. The first-order valence-corrected chi connectivity index (χ1v) is 10.4. The summed E-state index contributed by atoms with van der Waals surface area (Å²) in [6.45, 7) is 1.96. The summed E-state index contributed by atoms with van der Waals surface area (Å²) in [6.07, 6.45) is 0.949. The molecule has 0 amide bonds. The fourth-order valence-corrected chi connectivity index (χ4v) is 3.46. The predicted octanol–water partition coefficient (Wildman–Crippen LogP) is 6.34. The number of ether oxygens (including phenoxy) is 3. The van der Waals surface area contributed by atoms with E-state index >= 15 is 0 Å². The maximum absolute atomic E-state index is 6.21. The second-order valence-corrected chi connectivity index (χ2v) is 7.63. The molecule has 0 saturated heterocycles. The van der Waals surface area contributed by atoms with Gasteiger partial charge in [0.25, 0.3) is 0 Å². The monoisotopic (exact) mass is 481 g/mol. The van der Waals surface area contributed by atoms with Gasteiger partial charge in [-0.25, -0.2) is 0 Å². The maximum atomic E-state index is 6.21. The molecule has 3 aromatic rings. The van der Waals surface area contributed by atoms with Crippen LogP contribution in [0.3, 0.4) is 0 Å². The van der Waals surface area contributed by atoms with Gasteiger partial charge in [0, 0.05) is 22.2 Å². The highest BCUT2D eigenvalue weighted by molar-refractivity contribution is 6.35. The Hall–Kier alpha value is -2.11. The van der Waals surface area contributed by atoms with E-state index in [1.807, 2.05) is 36.4 Å². The summed E-state index contributed by atoms with van der Waals surface area (Å²) in [5.41, 5.74) is 3.26. The molecule has 0 aliphatic carbocycles. The van der Waals surface area contributed by atoms with Crippen LogP contribution in [0, 0.1) is 0 Å². The number of benzene rings is 3. The normalized spacial score (nSPS) is 10.3. The van der Waals surface area contributed by atoms with Crippen LogP contribution in [0.15, 0.2) is 60.7 Å². The molecule has 0 bridgehead atoms. The van der Waals surface area contributed by atoms with E-state index in [1.165, 1.54) is 5.56 Å². The number of rotatable bonds is 10. The van der Waals surface area contributed by atoms with Gasteiger partial charge < -0.3 is 19.5 Å². The fraction of sp³-hybridized carbons (Fsp3) is 0.250. The molecule has 4 nitrogen and oxygen atoms in total. The average molecular weight is 483 g/mol. The number of nitrogens with one attached hydrogen (secondary N) is 1. The van der Waals surface area contributed by atoms with E-state index in [1.54, 1.807) is 26.4 Å². The van der Waals surface area contributed by atoms with Crippen molar-refractivity contribution in [2.45, 2.75) is 19.6 Å². The van der Waals surface area contributed by atoms with Crippen LogP contribution < -0.4 is 19.5 Å². The fourth-order valence-electron chi connectivity index (χ4n) is 2.99. The van der Waals surface area contributed by atoms with Gasteiger partial charge in [-0.3, -0.25) is 0 Å². The van der Waals surface area contributed by atoms with Crippen molar-refractivity contribution in [2.24, 2.45) is 0 Å². The Bertz CT molecular complexity index is 965. The summed E-state index contributed by atoms with van der Waals surface area (Å²) in [5.74, 6) is 2.24. The minimum atomic E-state index is 0. The van der Waals surface area contributed by atoms with Gasteiger partial charge >= 0.3 is 0 Å². The topological polar surface area (TPSA) is 39.7 Å². The lowest BCUT2D eigenvalue weighted by Gasteiger charge is -2.13. The van der Waals surface area contributed by atoms with Crippen LogP contribution in [0.25, 0.3) is 0 Å². The van der Waals surface area contributed by atoms with Crippen LogP contribution in [-0.4, -0.2) is 20.8 Å². The van der Waals surface area contributed by atoms with Crippen LogP contribution in [0.4, 0.5) is 0 Å². The molecule has 3 aromatic carbocycles. The van der Waals surface area contributed by atoms with E-state index < -0.39 is 0 Å². The molecule has 166 valence electrons. The van der Waals surface area contributed by atoms with Crippen molar-refractivity contribution in [1.82, 2.24) is 5.32 Å². The molecular formula is C24H26Cl3NO3. The third-order valence-corrected chi connectivity index (χ3v) is 5.29. The van der Waals surface area contributed by atoms with E-state index in [0.29, 0.717) is 28.2 Å².